The molecule has 0 aliphatic heterocycles. The minimum absolute atomic E-state index is 0.165. The van der Waals surface area contributed by atoms with Crippen LogP contribution in [0.4, 0.5) is 0 Å². The molecular formula is C16H19NO. The van der Waals surface area contributed by atoms with E-state index in [9.17, 15) is 0 Å². The smallest absolute Gasteiger partial charge is 0.130 e. The summed E-state index contributed by atoms with van der Waals surface area (Å²) >= 11 is 0. The van der Waals surface area contributed by atoms with Gasteiger partial charge in [-0.3, -0.25) is 0 Å². The second-order valence-corrected chi connectivity index (χ2v) is 4.70. The lowest BCUT2D eigenvalue weighted by Gasteiger charge is -2.10. The number of rotatable bonds is 4. The fraction of sp³-hybridized carbons (Fsp3) is 0.250. The van der Waals surface area contributed by atoms with Gasteiger partial charge in [-0.15, -0.1) is 0 Å². The zero-order valence-corrected chi connectivity index (χ0v) is 10.9. The highest BCUT2D eigenvalue weighted by Crippen LogP contribution is 2.25. The Kier molecular flexibility index (Phi) is 4.00. The Bertz CT molecular complexity index is 520. The van der Waals surface area contributed by atoms with Crippen LogP contribution in [0.25, 0.3) is 0 Å². The van der Waals surface area contributed by atoms with Gasteiger partial charge in [-0.05, 0) is 49.6 Å². The van der Waals surface area contributed by atoms with Gasteiger partial charge in [0.2, 0.25) is 0 Å². The van der Waals surface area contributed by atoms with Gasteiger partial charge in [0.25, 0.3) is 0 Å². The van der Waals surface area contributed by atoms with Crippen molar-refractivity contribution in [3.63, 3.8) is 0 Å². The molecule has 2 aromatic rings. The molecule has 0 aliphatic carbocycles. The highest BCUT2D eigenvalue weighted by molar-refractivity contribution is 5.38. The van der Waals surface area contributed by atoms with Crippen molar-refractivity contribution in [3.05, 3.63) is 59.7 Å². The zero-order valence-electron chi connectivity index (χ0n) is 10.9. The van der Waals surface area contributed by atoms with Crippen LogP contribution < -0.4 is 10.5 Å². The van der Waals surface area contributed by atoms with Crippen LogP contribution in [0.2, 0.25) is 0 Å². The van der Waals surface area contributed by atoms with E-state index in [2.05, 4.69) is 12.1 Å². The first-order valence-electron chi connectivity index (χ1n) is 6.23. The molecule has 1 atom stereocenters. The summed E-state index contributed by atoms with van der Waals surface area (Å²) < 4.78 is 5.89. The first kappa shape index (κ1) is 12.7. The molecule has 94 valence electrons. The molecule has 2 nitrogen and oxygen atoms in total. The summed E-state index contributed by atoms with van der Waals surface area (Å²) in [5.41, 5.74) is 8.15. The number of hydrogen-bond donors (Lipinski definition) is 1. The van der Waals surface area contributed by atoms with Gasteiger partial charge in [0.1, 0.15) is 11.5 Å². The fourth-order valence-electron chi connectivity index (χ4n) is 1.91. The van der Waals surface area contributed by atoms with Crippen LogP contribution in [-0.2, 0) is 6.42 Å². The standard InChI is InChI=1S/C16H19NO/c1-12-6-3-4-9-16(12)18-15-8-5-7-14(11-15)10-13(2)17/h3-9,11,13H,10,17H2,1-2H3. The molecule has 0 saturated heterocycles. The van der Waals surface area contributed by atoms with Crippen molar-refractivity contribution in [3.8, 4) is 11.5 Å². The van der Waals surface area contributed by atoms with E-state index < -0.39 is 0 Å². The number of ether oxygens (including phenoxy) is 1. The van der Waals surface area contributed by atoms with Crippen LogP contribution in [0, 0.1) is 6.92 Å². The molecule has 2 rings (SSSR count). The van der Waals surface area contributed by atoms with Crippen LogP contribution in [-0.4, -0.2) is 6.04 Å². The Hall–Kier alpha value is -1.80. The molecule has 0 amide bonds. The molecule has 18 heavy (non-hydrogen) atoms. The predicted octanol–water partition coefficient (Wildman–Crippen LogP) is 3.68. The van der Waals surface area contributed by atoms with Crippen molar-refractivity contribution in [1.82, 2.24) is 0 Å². The minimum atomic E-state index is 0.165. The minimum Gasteiger partial charge on any atom is -0.457 e. The van der Waals surface area contributed by atoms with E-state index in [-0.39, 0.29) is 6.04 Å². The number of benzene rings is 2. The highest BCUT2D eigenvalue weighted by Gasteiger charge is 2.03. The number of nitrogens with two attached hydrogens (primary N) is 1. The van der Waals surface area contributed by atoms with Crippen LogP contribution in [0.15, 0.2) is 48.5 Å². The van der Waals surface area contributed by atoms with Gasteiger partial charge in [-0.2, -0.15) is 0 Å². The van der Waals surface area contributed by atoms with E-state index in [0.29, 0.717) is 0 Å². The Labute approximate surface area is 108 Å². The fourth-order valence-corrected chi connectivity index (χ4v) is 1.91. The molecule has 0 fully saturated rings. The Morgan fingerprint density at radius 2 is 1.89 bits per heavy atom. The molecule has 1 unspecified atom stereocenters. The summed E-state index contributed by atoms with van der Waals surface area (Å²) in [6.07, 6.45) is 0.866. The van der Waals surface area contributed by atoms with E-state index >= 15 is 0 Å². The average Bonchev–Trinajstić information content (AvgIpc) is 2.32. The second kappa shape index (κ2) is 5.69. The molecule has 0 saturated carbocycles. The first-order valence-corrected chi connectivity index (χ1v) is 6.23. The summed E-state index contributed by atoms with van der Waals surface area (Å²) in [5, 5.41) is 0. The number of hydrogen-bond acceptors (Lipinski definition) is 2. The highest BCUT2D eigenvalue weighted by atomic mass is 16.5. The van der Waals surface area contributed by atoms with Gasteiger partial charge >= 0.3 is 0 Å². The maximum atomic E-state index is 5.89. The summed E-state index contributed by atoms with van der Waals surface area (Å²) in [5.74, 6) is 1.76. The predicted molar refractivity (Wildman–Crippen MR) is 75.0 cm³/mol. The van der Waals surface area contributed by atoms with E-state index in [1.807, 2.05) is 50.2 Å². The quantitative estimate of drug-likeness (QED) is 0.886. The molecule has 0 bridgehead atoms. The topological polar surface area (TPSA) is 35.2 Å². The van der Waals surface area contributed by atoms with Crippen LogP contribution >= 0.6 is 0 Å². The summed E-state index contributed by atoms with van der Waals surface area (Å²) in [6.45, 7) is 4.05. The van der Waals surface area contributed by atoms with Crippen molar-refractivity contribution in [2.45, 2.75) is 26.3 Å². The van der Waals surface area contributed by atoms with Gasteiger partial charge in [0.05, 0.1) is 0 Å². The van der Waals surface area contributed by atoms with Crippen LogP contribution in [0.1, 0.15) is 18.1 Å². The van der Waals surface area contributed by atoms with Gasteiger partial charge < -0.3 is 10.5 Å². The number of para-hydroxylation sites is 1. The SMILES string of the molecule is Cc1ccccc1Oc1cccc(CC(C)N)c1. The van der Waals surface area contributed by atoms with Crippen LogP contribution in [0.5, 0.6) is 11.5 Å². The van der Waals surface area contributed by atoms with Gasteiger partial charge in [0.15, 0.2) is 0 Å². The molecule has 2 heteroatoms. The normalized spacial score (nSPS) is 12.2. The van der Waals surface area contributed by atoms with E-state index in [4.69, 9.17) is 10.5 Å². The van der Waals surface area contributed by atoms with E-state index in [0.717, 1.165) is 23.5 Å². The monoisotopic (exact) mass is 241 g/mol. The zero-order chi connectivity index (χ0) is 13.0. The molecule has 2 N–H and O–H groups in total. The lowest BCUT2D eigenvalue weighted by atomic mass is 10.1. The summed E-state index contributed by atoms with van der Waals surface area (Å²) in [7, 11) is 0. The Balaban J connectivity index is 2.17. The average molecular weight is 241 g/mol. The molecule has 0 aliphatic rings. The van der Waals surface area contributed by atoms with Gasteiger partial charge in [0, 0.05) is 6.04 Å². The summed E-state index contributed by atoms with van der Waals surface area (Å²) in [4.78, 5) is 0. The van der Waals surface area contributed by atoms with Gasteiger partial charge in [-0.1, -0.05) is 30.3 Å². The Morgan fingerprint density at radius 3 is 2.61 bits per heavy atom. The third-order valence-corrected chi connectivity index (χ3v) is 2.78. The third kappa shape index (κ3) is 3.34. The molecular weight excluding hydrogens is 222 g/mol. The molecule has 0 radical (unpaired) electrons. The lowest BCUT2D eigenvalue weighted by molar-refractivity contribution is 0.478. The molecule has 0 aromatic heterocycles. The largest absolute Gasteiger partial charge is 0.457 e. The van der Waals surface area contributed by atoms with E-state index in [1.54, 1.807) is 0 Å². The second-order valence-electron chi connectivity index (χ2n) is 4.70. The Morgan fingerprint density at radius 1 is 1.11 bits per heavy atom. The molecule has 2 aromatic carbocycles. The maximum absolute atomic E-state index is 5.89. The summed E-state index contributed by atoms with van der Waals surface area (Å²) in [6, 6.07) is 16.3. The van der Waals surface area contributed by atoms with Gasteiger partial charge in [-0.25, -0.2) is 0 Å². The molecule has 0 spiro atoms. The van der Waals surface area contributed by atoms with E-state index in [1.165, 1.54) is 5.56 Å². The van der Waals surface area contributed by atoms with Crippen molar-refractivity contribution < 1.29 is 4.74 Å². The first-order chi connectivity index (χ1) is 8.65. The number of aryl methyl sites for hydroxylation is 1. The van der Waals surface area contributed by atoms with Crippen molar-refractivity contribution in [1.29, 1.82) is 0 Å². The maximum Gasteiger partial charge on any atom is 0.130 e. The van der Waals surface area contributed by atoms with Crippen molar-refractivity contribution in [2.75, 3.05) is 0 Å². The third-order valence-electron chi connectivity index (χ3n) is 2.78. The van der Waals surface area contributed by atoms with Crippen LogP contribution in [0.3, 0.4) is 0 Å². The van der Waals surface area contributed by atoms with Crippen molar-refractivity contribution >= 4 is 0 Å². The molecule has 0 heterocycles. The lowest BCUT2D eigenvalue weighted by Crippen LogP contribution is -2.17. The van der Waals surface area contributed by atoms with Crippen molar-refractivity contribution in [2.24, 2.45) is 5.73 Å².